The van der Waals surface area contributed by atoms with Crippen LogP contribution < -0.4 is 9.47 Å². The molecule has 3 rings (SSSR count). The van der Waals surface area contributed by atoms with Crippen LogP contribution in [0.4, 0.5) is 0 Å². The van der Waals surface area contributed by atoms with Crippen LogP contribution in [0.1, 0.15) is 28.4 Å². The van der Waals surface area contributed by atoms with Crippen LogP contribution in [0.15, 0.2) is 72.8 Å². The van der Waals surface area contributed by atoms with Gasteiger partial charge in [0.2, 0.25) is 0 Å². The molecule has 0 aliphatic rings. The molecule has 0 spiro atoms. The Morgan fingerprint density at radius 3 is 2.45 bits per heavy atom. The summed E-state index contributed by atoms with van der Waals surface area (Å²) in [6.45, 7) is 2.69. The highest BCUT2D eigenvalue weighted by Gasteiger charge is 2.09. The van der Waals surface area contributed by atoms with E-state index in [0.29, 0.717) is 33.7 Å². The van der Waals surface area contributed by atoms with Crippen LogP contribution in [-0.2, 0) is 6.61 Å². The van der Waals surface area contributed by atoms with Gasteiger partial charge in [-0.15, -0.1) is 0 Å². The van der Waals surface area contributed by atoms with Gasteiger partial charge < -0.3 is 9.47 Å². The first-order valence-corrected chi connectivity index (χ1v) is 9.93. The number of ketones is 1. The average molecular weight is 427 g/mol. The van der Waals surface area contributed by atoms with E-state index in [4.69, 9.17) is 32.7 Å². The summed E-state index contributed by atoms with van der Waals surface area (Å²) >= 11 is 12.1. The minimum atomic E-state index is -0.0544. The molecule has 3 nitrogen and oxygen atoms in total. The molecule has 0 aromatic heterocycles. The number of allylic oxidation sites excluding steroid dienone is 1. The molecule has 29 heavy (non-hydrogen) atoms. The summed E-state index contributed by atoms with van der Waals surface area (Å²) in [6, 6.07) is 20.0. The fourth-order valence-electron chi connectivity index (χ4n) is 2.68. The average Bonchev–Trinajstić information content (AvgIpc) is 2.73. The normalized spacial score (nSPS) is 10.9. The summed E-state index contributed by atoms with van der Waals surface area (Å²) in [5.74, 6) is 1.15. The number of hydrogen-bond donors (Lipinski definition) is 0. The topological polar surface area (TPSA) is 35.5 Å². The van der Waals surface area contributed by atoms with Crippen LogP contribution in [0.5, 0.6) is 11.5 Å². The van der Waals surface area contributed by atoms with Crippen molar-refractivity contribution in [2.45, 2.75) is 13.5 Å². The highest BCUT2D eigenvalue weighted by molar-refractivity contribution is 6.35. The molecule has 148 valence electrons. The molecule has 0 unspecified atom stereocenters. The second kappa shape index (κ2) is 10.1. The lowest BCUT2D eigenvalue weighted by atomic mass is 10.1. The van der Waals surface area contributed by atoms with Crippen molar-refractivity contribution in [3.05, 3.63) is 99.5 Å². The number of ether oxygens (including phenoxy) is 2. The second-order valence-electron chi connectivity index (χ2n) is 6.23. The van der Waals surface area contributed by atoms with Gasteiger partial charge >= 0.3 is 0 Å². The van der Waals surface area contributed by atoms with Gasteiger partial charge in [-0.2, -0.15) is 0 Å². The molecule has 3 aromatic rings. The van der Waals surface area contributed by atoms with Crippen molar-refractivity contribution in [1.82, 2.24) is 0 Å². The lowest BCUT2D eigenvalue weighted by Gasteiger charge is -2.13. The van der Waals surface area contributed by atoms with Crippen molar-refractivity contribution < 1.29 is 14.3 Å². The standard InChI is InChI=1S/C24H20Cl2O3/c1-2-28-24-14-17(8-12-22(27)18-6-4-3-5-7-18)9-13-23(24)29-16-19-10-11-20(25)15-21(19)26/h3-15H,2,16H2,1H3/b12-8+. The van der Waals surface area contributed by atoms with E-state index in [-0.39, 0.29) is 12.4 Å². The third-order valence-electron chi connectivity index (χ3n) is 4.15. The van der Waals surface area contributed by atoms with E-state index in [1.165, 1.54) is 0 Å². The molecule has 0 bridgehead atoms. The van der Waals surface area contributed by atoms with Gasteiger partial charge in [0.15, 0.2) is 17.3 Å². The number of halogens is 2. The fraction of sp³-hybridized carbons (Fsp3) is 0.125. The van der Waals surface area contributed by atoms with E-state index in [9.17, 15) is 4.79 Å². The van der Waals surface area contributed by atoms with E-state index < -0.39 is 0 Å². The summed E-state index contributed by atoms with van der Waals surface area (Å²) in [6.07, 6.45) is 3.31. The quantitative estimate of drug-likeness (QED) is 0.291. The number of carbonyl (C=O) groups is 1. The molecular weight excluding hydrogens is 407 g/mol. The molecule has 0 atom stereocenters. The van der Waals surface area contributed by atoms with E-state index in [0.717, 1.165) is 11.1 Å². The predicted molar refractivity (Wildman–Crippen MR) is 118 cm³/mol. The van der Waals surface area contributed by atoms with Crippen LogP contribution in [-0.4, -0.2) is 12.4 Å². The lowest BCUT2D eigenvalue weighted by Crippen LogP contribution is -2.00. The van der Waals surface area contributed by atoms with Gasteiger partial charge in [0.05, 0.1) is 6.61 Å². The van der Waals surface area contributed by atoms with Crippen LogP contribution in [0, 0.1) is 0 Å². The predicted octanol–water partition coefficient (Wildman–Crippen LogP) is 6.87. The number of benzene rings is 3. The van der Waals surface area contributed by atoms with Gasteiger partial charge in [0.1, 0.15) is 6.61 Å². The molecule has 0 fully saturated rings. The summed E-state index contributed by atoms with van der Waals surface area (Å²) in [5, 5.41) is 1.13. The molecule has 0 amide bonds. The molecule has 3 aromatic carbocycles. The van der Waals surface area contributed by atoms with Crippen molar-refractivity contribution in [2.75, 3.05) is 6.61 Å². The Kier molecular flexibility index (Phi) is 7.34. The second-order valence-corrected chi connectivity index (χ2v) is 7.07. The monoisotopic (exact) mass is 426 g/mol. The van der Waals surface area contributed by atoms with E-state index in [2.05, 4.69) is 0 Å². The number of rotatable bonds is 8. The van der Waals surface area contributed by atoms with Gasteiger partial charge in [-0.1, -0.05) is 71.7 Å². The molecule has 0 N–H and O–H groups in total. The Bertz CT molecular complexity index is 1010. The summed E-state index contributed by atoms with van der Waals surface area (Å²) in [5.41, 5.74) is 2.32. The first-order chi connectivity index (χ1) is 14.1. The first kappa shape index (κ1) is 21.0. The number of carbonyl (C=O) groups excluding carboxylic acids is 1. The van der Waals surface area contributed by atoms with E-state index in [1.807, 2.05) is 49.4 Å². The molecule has 5 heteroatoms. The molecule has 0 aliphatic heterocycles. The third-order valence-corrected chi connectivity index (χ3v) is 4.74. The third kappa shape index (κ3) is 5.86. The van der Waals surface area contributed by atoms with Gasteiger partial charge in [-0.25, -0.2) is 0 Å². The summed E-state index contributed by atoms with van der Waals surface area (Å²) < 4.78 is 11.6. The van der Waals surface area contributed by atoms with Crippen molar-refractivity contribution in [3.63, 3.8) is 0 Å². The Morgan fingerprint density at radius 2 is 1.72 bits per heavy atom. The lowest BCUT2D eigenvalue weighted by molar-refractivity contribution is 0.104. The van der Waals surface area contributed by atoms with Crippen LogP contribution in [0.3, 0.4) is 0 Å². The molecule has 0 radical (unpaired) electrons. The van der Waals surface area contributed by atoms with Gasteiger partial charge in [0, 0.05) is 21.2 Å². The van der Waals surface area contributed by atoms with Gasteiger partial charge in [-0.05, 0) is 42.8 Å². The van der Waals surface area contributed by atoms with Crippen molar-refractivity contribution >= 4 is 35.1 Å². The molecular formula is C24H20Cl2O3. The highest BCUT2D eigenvalue weighted by Crippen LogP contribution is 2.31. The highest BCUT2D eigenvalue weighted by atomic mass is 35.5. The smallest absolute Gasteiger partial charge is 0.185 e. The first-order valence-electron chi connectivity index (χ1n) is 9.18. The molecule has 0 heterocycles. The van der Waals surface area contributed by atoms with Crippen LogP contribution >= 0.6 is 23.2 Å². The SMILES string of the molecule is CCOc1cc(/C=C/C(=O)c2ccccc2)ccc1OCc1ccc(Cl)cc1Cl. The number of hydrogen-bond acceptors (Lipinski definition) is 3. The maximum absolute atomic E-state index is 12.2. The largest absolute Gasteiger partial charge is 0.490 e. The summed E-state index contributed by atoms with van der Waals surface area (Å²) in [7, 11) is 0. The van der Waals surface area contributed by atoms with Crippen molar-refractivity contribution in [3.8, 4) is 11.5 Å². The zero-order valence-electron chi connectivity index (χ0n) is 15.9. The Hall–Kier alpha value is -2.75. The van der Waals surface area contributed by atoms with E-state index >= 15 is 0 Å². The Labute approximate surface area is 180 Å². The zero-order valence-corrected chi connectivity index (χ0v) is 17.4. The maximum Gasteiger partial charge on any atom is 0.185 e. The van der Waals surface area contributed by atoms with Crippen LogP contribution in [0.25, 0.3) is 6.08 Å². The maximum atomic E-state index is 12.2. The van der Waals surface area contributed by atoms with Gasteiger partial charge in [0.25, 0.3) is 0 Å². The van der Waals surface area contributed by atoms with E-state index in [1.54, 1.807) is 36.4 Å². The zero-order chi connectivity index (χ0) is 20.6. The van der Waals surface area contributed by atoms with Crippen LogP contribution in [0.2, 0.25) is 10.0 Å². The minimum Gasteiger partial charge on any atom is -0.490 e. The molecule has 0 aliphatic carbocycles. The molecule has 0 saturated heterocycles. The van der Waals surface area contributed by atoms with Crippen molar-refractivity contribution in [1.29, 1.82) is 0 Å². The van der Waals surface area contributed by atoms with Crippen molar-refractivity contribution in [2.24, 2.45) is 0 Å². The molecule has 0 saturated carbocycles. The van der Waals surface area contributed by atoms with Gasteiger partial charge in [-0.3, -0.25) is 4.79 Å². The summed E-state index contributed by atoms with van der Waals surface area (Å²) in [4.78, 5) is 12.2. The Balaban J connectivity index is 1.74. The fourth-order valence-corrected chi connectivity index (χ4v) is 3.14. The minimum absolute atomic E-state index is 0.0544. The Morgan fingerprint density at radius 1 is 0.931 bits per heavy atom.